The number of carbonyl (C=O) groups excluding carboxylic acids is 1. The molecule has 1 aromatic heterocycles. The molecule has 0 aliphatic carbocycles. The number of nitrogens with zero attached hydrogens (tertiary/aromatic N) is 6. The SMILES string of the molecule is Cc1cccc(NN=Cc2nc(OCCN3CCOC3=O)nc(N3CCOCC3)n2)c1. The number of hydrogen-bond acceptors (Lipinski definition) is 10. The third-order valence-corrected chi connectivity index (χ3v) is 4.74. The van der Waals surface area contributed by atoms with Crippen molar-refractivity contribution in [2.45, 2.75) is 6.92 Å². The van der Waals surface area contributed by atoms with Crippen molar-refractivity contribution < 1.29 is 19.0 Å². The highest BCUT2D eigenvalue weighted by molar-refractivity contribution is 5.75. The molecule has 0 atom stereocenters. The van der Waals surface area contributed by atoms with E-state index in [2.05, 4.69) is 25.5 Å². The van der Waals surface area contributed by atoms with Gasteiger partial charge in [0.2, 0.25) is 5.95 Å². The average Bonchev–Trinajstić information content (AvgIpc) is 3.19. The minimum absolute atomic E-state index is 0.182. The van der Waals surface area contributed by atoms with Crippen LogP contribution in [-0.4, -0.2) is 84.8 Å². The fraction of sp³-hybridized carbons (Fsp3) is 0.450. The molecule has 2 aliphatic rings. The number of rotatable bonds is 8. The summed E-state index contributed by atoms with van der Waals surface area (Å²) in [6.45, 7) is 6.20. The Morgan fingerprint density at radius 3 is 2.84 bits per heavy atom. The summed E-state index contributed by atoms with van der Waals surface area (Å²) in [5, 5.41) is 4.24. The Kier molecular flexibility index (Phi) is 6.72. The Hall–Kier alpha value is -3.47. The number of ether oxygens (including phenoxy) is 3. The van der Waals surface area contributed by atoms with E-state index in [0.717, 1.165) is 11.3 Å². The molecule has 0 unspecified atom stereocenters. The summed E-state index contributed by atoms with van der Waals surface area (Å²) < 4.78 is 16.0. The third-order valence-electron chi connectivity index (χ3n) is 4.74. The first-order valence-electron chi connectivity index (χ1n) is 10.2. The summed E-state index contributed by atoms with van der Waals surface area (Å²) in [5.41, 5.74) is 4.97. The van der Waals surface area contributed by atoms with Gasteiger partial charge in [-0.1, -0.05) is 12.1 Å². The van der Waals surface area contributed by atoms with E-state index in [9.17, 15) is 4.79 Å². The zero-order chi connectivity index (χ0) is 21.5. The number of benzene rings is 1. The van der Waals surface area contributed by atoms with Gasteiger partial charge in [0, 0.05) is 13.1 Å². The van der Waals surface area contributed by atoms with E-state index in [0.29, 0.717) is 57.8 Å². The van der Waals surface area contributed by atoms with Crippen LogP contribution < -0.4 is 15.1 Å². The van der Waals surface area contributed by atoms with Gasteiger partial charge < -0.3 is 24.0 Å². The van der Waals surface area contributed by atoms with Gasteiger partial charge in [0.15, 0.2) is 5.82 Å². The number of amides is 1. The Bertz CT molecular complexity index is 933. The van der Waals surface area contributed by atoms with Crippen LogP contribution in [0.3, 0.4) is 0 Å². The Morgan fingerprint density at radius 2 is 2.06 bits per heavy atom. The molecule has 2 fully saturated rings. The van der Waals surface area contributed by atoms with Crippen LogP contribution in [0.15, 0.2) is 29.4 Å². The zero-order valence-corrected chi connectivity index (χ0v) is 17.4. The van der Waals surface area contributed by atoms with Crippen LogP contribution in [-0.2, 0) is 9.47 Å². The monoisotopic (exact) mass is 427 g/mol. The summed E-state index contributed by atoms with van der Waals surface area (Å²) >= 11 is 0. The van der Waals surface area contributed by atoms with Gasteiger partial charge in [-0.15, -0.1) is 0 Å². The summed E-state index contributed by atoms with van der Waals surface area (Å²) in [6, 6.07) is 8.06. The quantitative estimate of drug-likeness (QED) is 0.492. The number of aryl methyl sites for hydroxylation is 1. The molecule has 0 saturated carbocycles. The van der Waals surface area contributed by atoms with Crippen LogP contribution in [0.5, 0.6) is 6.01 Å². The molecular formula is C20H25N7O4. The van der Waals surface area contributed by atoms with Gasteiger partial charge in [0.1, 0.15) is 13.2 Å². The molecule has 2 aromatic rings. The molecule has 31 heavy (non-hydrogen) atoms. The van der Waals surface area contributed by atoms with E-state index in [1.807, 2.05) is 36.1 Å². The molecule has 1 aromatic carbocycles. The predicted molar refractivity (Wildman–Crippen MR) is 114 cm³/mol. The van der Waals surface area contributed by atoms with Crippen LogP contribution in [0, 0.1) is 6.92 Å². The molecule has 2 aliphatic heterocycles. The Labute approximate surface area is 180 Å². The number of anilines is 2. The fourth-order valence-electron chi connectivity index (χ4n) is 3.14. The van der Waals surface area contributed by atoms with Crippen molar-refractivity contribution in [2.75, 3.05) is 62.9 Å². The van der Waals surface area contributed by atoms with Gasteiger partial charge in [-0.05, 0) is 24.6 Å². The number of cyclic esters (lactones) is 1. The lowest BCUT2D eigenvalue weighted by atomic mass is 10.2. The summed E-state index contributed by atoms with van der Waals surface area (Å²) in [5.74, 6) is 0.873. The van der Waals surface area contributed by atoms with Gasteiger partial charge in [0.05, 0.1) is 38.2 Å². The Morgan fingerprint density at radius 1 is 1.19 bits per heavy atom. The molecule has 11 nitrogen and oxygen atoms in total. The molecule has 11 heteroatoms. The minimum Gasteiger partial charge on any atom is -0.461 e. The molecule has 164 valence electrons. The molecule has 0 bridgehead atoms. The maximum absolute atomic E-state index is 11.6. The summed E-state index contributed by atoms with van der Waals surface area (Å²) in [7, 11) is 0. The molecule has 0 spiro atoms. The maximum atomic E-state index is 11.6. The van der Waals surface area contributed by atoms with Gasteiger partial charge in [-0.2, -0.15) is 20.1 Å². The number of carbonyl (C=O) groups is 1. The van der Waals surface area contributed by atoms with Crippen molar-refractivity contribution in [3.8, 4) is 6.01 Å². The Balaban J connectivity index is 1.45. The number of hydrazone groups is 1. The van der Waals surface area contributed by atoms with Crippen molar-refractivity contribution in [1.82, 2.24) is 19.9 Å². The van der Waals surface area contributed by atoms with Gasteiger partial charge in [-0.25, -0.2) is 4.79 Å². The lowest BCUT2D eigenvalue weighted by Crippen LogP contribution is -2.37. The number of aromatic nitrogens is 3. The smallest absolute Gasteiger partial charge is 0.410 e. The largest absolute Gasteiger partial charge is 0.461 e. The van der Waals surface area contributed by atoms with Gasteiger partial charge >= 0.3 is 12.1 Å². The third kappa shape index (κ3) is 5.79. The lowest BCUT2D eigenvalue weighted by molar-refractivity contribution is 0.122. The molecule has 4 rings (SSSR count). The topological polar surface area (TPSA) is 114 Å². The number of morpholine rings is 1. The first-order chi connectivity index (χ1) is 15.2. The molecule has 1 amide bonds. The maximum Gasteiger partial charge on any atom is 0.410 e. The van der Waals surface area contributed by atoms with Crippen molar-refractivity contribution >= 4 is 23.9 Å². The van der Waals surface area contributed by atoms with Crippen LogP contribution in [0.25, 0.3) is 0 Å². The van der Waals surface area contributed by atoms with E-state index in [4.69, 9.17) is 14.2 Å². The van der Waals surface area contributed by atoms with Crippen molar-refractivity contribution in [2.24, 2.45) is 5.10 Å². The molecule has 2 saturated heterocycles. The second kappa shape index (κ2) is 10.0. The summed E-state index contributed by atoms with van der Waals surface area (Å²) in [6.07, 6.45) is 1.20. The van der Waals surface area contributed by atoms with E-state index in [1.54, 1.807) is 4.90 Å². The highest BCUT2D eigenvalue weighted by Crippen LogP contribution is 2.14. The first-order valence-corrected chi connectivity index (χ1v) is 10.2. The van der Waals surface area contributed by atoms with Gasteiger partial charge in [-0.3, -0.25) is 5.43 Å². The second-order valence-electron chi connectivity index (χ2n) is 7.06. The highest BCUT2D eigenvalue weighted by atomic mass is 16.6. The van der Waals surface area contributed by atoms with Gasteiger partial charge in [0.25, 0.3) is 0 Å². The van der Waals surface area contributed by atoms with E-state index in [1.165, 1.54) is 6.21 Å². The van der Waals surface area contributed by atoms with Crippen LogP contribution >= 0.6 is 0 Å². The fourth-order valence-corrected chi connectivity index (χ4v) is 3.14. The van der Waals surface area contributed by atoms with Crippen molar-refractivity contribution in [3.05, 3.63) is 35.7 Å². The second-order valence-corrected chi connectivity index (χ2v) is 7.06. The minimum atomic E-state index is -0.330. The summed E-state index contributed by atoms with van der Waals surface area (Å²) in [4.78, 5) is 28.4. The average molecular weight is 427 g/mol. The van der Waals surface area contributed by atoms with Crippen molar-refractivity contribution in [3.63, 3.8) is 0 Å². The van der Waals surface area contributed by atoms with E-state index < -0.39 is 0 Å². The molecule has 3 heterocycles. The van der Waals surface area contributed by atoms with Crippen LogP contribution in [0.4, 0.5) is 16.4 Å². The van der Waals surface area contributed by atoms with Crippen LogP contribution in [0.2, 0.25) is 0 Å². The predicted octanol–water partition coefficient (Wildman–Crippen LogP) is 1.29. The molecule has 0 radical (unpaired) electrons. The first kappa shape index (κ1) is 20.8. The van der Waals surface area contributed by atoms with Crippen LogP contribution in [0.1, 0.15) is 11.4 Å². The van der Waals surface area contributed by atoms with E-state index in [-0.39, 0.29) is 18.7 Å². The zero-order valence-electron chi connectivity index (χ0n) is 17.4. The lowest BCUT2D eigenvalue weighted by Gasteiger charge is -2.26. The standard InChI is InChI=1S/C20H25N7O4/c1-15-3-2-4-16(13-15)25-21-14-17-22-18(26-5-9-29-10-6-26)24-19(23-17)30-11-7-27-8-12-31-20(27)28/h2-4,13-14,25H,5-12H2,1H3. The molecular weight excluding hydrogens is 402 g/mol. The normalized spacial score (nSPS) is 16.6. The van der Waals surface area contributed by atoms with Crippen molar-refractivity contribution in [1.29, 1.82) is 0 Å². The molecule has 1 N–H and O–H groups in total. The number of hydrogen-bond donors (Lipinski definition) is 1. The van der Waals surface area contributed by atoms with E-state index >= 15 is 0 Å². The number of nitrogens with one attached hydrogen (secondary N) is 1. The highest BCUT2D eigenvalue weighted by Gasteiger charge is 2.22.